The third-order valence-electron chi connectivity index (χ3n) is 5.47. The fourth-order valence-electron chi connectivity index (χ4n) is 3.61. The van der Waals surface area contributed by atoms with Crippen molar-refractivity contribution in [1.29, 1.82) is 0 Å². The Bertz CT molecular complexity index is 331. The van der Waals surface area contributed by atoms with E-state index in [1.54, 1.807) is 0 Å². The van der Waals surface area contributed by atoms with Crippen LogP contribution in [0.3, 0.4) is 0 Å². The lowest BCUT2D eigenvalue weighted by Crippen LogP contribution is -2.30. The SMILES string of the molecule is C=CC(=O)OCCN(CCCCCCCCCC)CCCCCCCCCC.NN. The predicted molar refractivity (Wildman–Crippen MR) is 131 cm³/mol. The molecule has 0 rings (SSSR count). The zero-order valence-corrected chi connectivity index (χ0v) is 20.3. The Hall–Kier alpha value is -0.910. The van der Waals surface area contributed by atoms with Crippen molar-refractivity contribution in [2.45, 2.75) is 117 Å². The molecule has 0 fully saturated rings. The minimum absolute atomic E-state index is 0.306. The van der Waals surface area contributed by atoms with Gasteiger partial charge in [0.05, 0.1) is 0 Å². The highest BCUT2D eigenvalue weighted by Crippen LogP contribution is 2.11. The monoisotopic (exact) mass is 427 g/mol. The van der Waals surface area contributed by atoms with Crippen LogP contribution in [0.25, 0.3) is 0 Å². The van der Waals surface area contributed by atoms with Gasteiger partial charge in [-0.15, -0.1) is 0 Å². The number of hydrogen-bond donors (Lipinski definition) is 2. The van der Waals surface area contributed by atoms with Crippen molar-refractivity contribution in [3.63, 3.8) is 0 Å². The number of carbonyl (C=O) groups is 1. The summed E-state index contributed by atoms with van der Waals surface area (Å²) in [5, 5.41) is 0. The molecular formula is C25H53N3O2. The maximum atomic E-state index is 11.2. The third kappa shape index (κ3) is 25.1. The molecule has 30 heavy (non-hydrogen) atoms. The van der Waals surface area contributed by atoms with Gasteiger partial charge in [0.25, 0.3) is 0 Å². The minimum atomic E-state index is -0.306. The Balaban J connectivity index is 0. The molecule has 0 aromatic rings. The Morgan fingerprint density at radius 1 is 0.700 bits per heavy atom. The quantitative estimate of drug-likeness (QED) is 0.0715. The maximum Gasteiger partial charge on any atom is 0.330 e. The molecule has 180 valence electrons. The van der Waals surface area contributed by atoms with Gasteiger partial charge in [0.2, 0.25) is 0 Å². The molecule has 0 heterocycles. The van der Waals surface area contributed by atoms with Crippen molar-refractivity contribution in [3.05, 3.63) is 12.7 Å². The first kappa shape index (κ1) is 31.3. The highest BCUT2D eigenvalue weighted by atomic mass is 16.5. The summed E-state index contributed by atoms with van der Waals surface area (Å²) in [5.74, 6) is 7.69. The summed E-state index contributed by atoms with van der Waals surface area (Å²) in [6.45, 7) is 11.6. The second-order valence-electron chi connectivity index (χ2n) is 8.16. The first-order valence-corrected chi connectivity index (χ1v) is 12.6. The smallest absolute Gasteiger partial charge is 0.330 e. The Morgan fingerprint density at radius 3 is 1.43 bits per heavy atom. The summed E-state index contributed by atoms with van der Waals surface area (Å²) in [7, 11) is 0. The van der Waals surface area contributed by atoms with Gasteiger partial charge >= 0.3 is 5.97 Å². The number of esters is 1. The van der Waals surface area contributed by atoms with Crippen molar-refractivity contribution in [1.82, 2.24) is 4.90 Å². The van der Waals surface area contributed by atoms with E-state index in [9.17, 15) is 4.79 Å². The van der Waals surface area contributed by atoms with Gasteiger partial charge < -0.3 is 4.74 Å². The van der Waals surface area contributed by atoms with Crippen molar-refractivity contribution in [2.24, 2.45) is 11.7 Å². The van der Waals surface area contributed by atoms with Gasteiger partial charge in [-0.1, -0.05) is 110 Å². The van der Waals surface area contributed by atoms with E-state index < -0.39 is 0 Å². The molecule has 0 spiro atoms. The van der Waals surface area contributed by atoms with Crippen LogP contribution in [-0.2, 0) is 9.53 Å². The summed E-state index contributed by atoms with van der Waals surface area (Å²) in [6, 6.07) is 0. The molecule has 0 aliphatic heterocycles. The van der Waals surface area contributed by atoms with Crippen LogP contribution in [0.1, 0.15) is 117 Å². The molecule has 0 bridgehead atoms. The largest absolute Gasteiger partial charge is 0.461 e. The number of hydrogen-bond acceptors (Lipinski definition) is 5. The number of rotatable bonds is 22. The van der Waals surface area contributed by atoms with Gasteiger partial charge in [0.1, 0.15) is 6.61 Å². The van der Waals surface area contributed by atoms with E-state index in [-0.39, 0.29) is 5.97 Å². The Kier molecular flexibility index (Phi) is 29.3. The fraction of sp³-hybridized carbons (Fsp3) is 0.880. The van der Waals surface area contributed by atoms with Gasteiger partial charge in [-0.2, -0.15) is 0 Å². The van der Waals surface area contributed by atoms with Gasteiger partial charge in [0, 0.05) is 12.6 Å². The van der Waals surface area contributed by atoms with Crippen LogP contribution in [-0.4, -0.2) is 37.1 Å². The Labute approximate surface area is 187 Å². The molecular weight excluding hydrogens is 374 g/mol. The predicted octanol–water partition coefficient (Wildman–Crippen LogP) is 6.12. The standard InChI is InChI=1S/C25H49NO2.H4N2/c1-4-7-9-11-13-15-17-19-21-26(23-24-28-25(27)6-3)22-20-18-16-14-12-10-8-5-2;1-2/h6H,3-5,7-24H2,1-2H3;1-2H2. The molecule has 5 nitrogen and oxygen atoms in total. The molecule has 0 radical (unpaired) electrons. The number of unbranched alkanes of at least 4 members (excludes halogenated alkanes) is 14. The normalized spacial score (nSPS) is 10.6. The van der Waals surface area contributed by atoms with Crippen LogP contribution in [0.2, 0.25) is 0 Å². The lowest BCUT2D eigenvalue weighted by atomic mass is 10.1. The lowest BCUT2D eigenvalue weighted by Gasteiger charge is -2.22. The second kappa shape index (κ2) is 28.1. The first-order valence-electron chi connectivity index (χ1n) is 12.6. The van der Waals surface area contributed by atoms with Gasteiger partial charge in [-0.05, 0) is 25.9 Å². The molecule has 0 saturated heterocycles. The van der Waals surface area contributed by atoms with Gasteiger partial charge in [0.15, 0.2) is 0 Å². The third-order valence-corrected chi connectivity index (χ3v) is 5.47. The topological polar surface area (TPSA) is 81.6 Å². The van der Waals surface area contributed by atoms with Crippen molar-refractivity contribution >= 4 is 5.97 Å². The van der Waals surface area contributed by atoms with E-state index in [0.717, 1.165) is 19.6 Å². The van der Waals surface area contributed by atoms with Crippen LogP contribution in [0.5, 0.6) is 0 Å². The fourth-order valence-corrected chi connectivity index (χ4v) is 3.61. The van der Waals surface area contributed by atoms with E-state index in [0.29, 0.717) is 6.61 Å². The lowest BCUT2D eigenvalue weighted by molar-refractivity contribution is -0.138. The summed E-state index contributed by atoms with van der Waals surface area (Å²) in [4.78, 5) is 13.7. The summed E-state index contributed by atoms with van der Waals surface area (Å²) >= 11 is 0. The van der Waals surface area contributed by atoms with Gasteiger partial charge in [-0.25, -0.2) is 4.79 Å². The minimum Gasteiger partial charge on any atom is -0.461 e. The van der Waals surface area contributed by atoms with Crippen molar-refractivity contribution < 1.29 is 9.53 Å². The zero-order valence-electron chi connectivity index (χ0n) is 20.3. The molecule has 0 unspecified atom stereocenters. The van der Waals surface area contributed by atoms with Gasteiger partial charge in [-0.3, -0.25) is 16.6 Å². The van der Waals surface area contributed by atoms with Crippen LogP contribution in [0.4, 0.5) is 0 Å². The number of ether oxygens (including phenoxy) is 1. The molecule has 0 aliphatic carbocycles. The van der Waals surface area contributed by atoms with E-state index in [1.807, 2.05) is 0 Å². The van der Waals surface area contributed by atoms with Crippen LogP contribution >= 0.6 is 0 Å². The number of nitrogens with two attached hydrogens (primary N) is 2. The molecule has 0 saturated carbocycles. The maximum absolute atomic E-state index is 11.2. The van der Waals surface area contributed by atoms with E-state index in [1.165, 1.54) is 109 Å². The van der Waals surface area contributed by atoms with Crippen LogP contribution < -0.4 is 11.7 Å². The number of hydrazine groups is 1. The Morgan fingerprint density at radius 2 is 1.07 bits per heavy atom. The first-order chi connectivity index (χ1) is 14.7. The summed E-state index contributed by atoms with van der Waals surface area (Å²) in [5.41, 5.74) is 0. The zero-order chi connectivity index (χ0) is 22.7. The molecule has 0 amide bonds. The molecule has 5 heteroatoms. The molecule has 4 N–H and O–H groups in total. The summed E-state index contributed by atoms with van der Waals surface area (Å²) in [6.07, 6.45) is 22.9. The van der Waals surface area contributed by atoms with E-state index in [2.05, 4.69) is 37.0 Å². The van der Waals surface area contributed by atoms with E-state index in [4.69, 9.17) is 4.74 Å². The van der Waals surface area contributed by atoms with Crippen LogP contribution in [0.15, 0.2) is 12.7 Å². The average molecular weight is 428 g/mol. The number of nitrogens with zero attached hydrogens (tertiary/aromatic N) is 1. The van der Waals surface area contributed by atoms with Crippen molar-refractivity contribution in [3.8, 4) is 0 Å². The van der Waals surface area contributed by atoms with E-state index >= 15 is 0 Å². The highest BCUT2D eigenvalue weighted by molar-refractivity contribution is 5.81. The summed E-state index contributed by atoms with van der Waals surface area (Å²) < 4.78 is 5.19. The average Bonchev–Trinajstić information content (AvgIpc) is 2.78. The number of carbonyl (C=O) groups excluding carboxylic acids is 1. The van der Waals surface area contributed by atoms with Crippen LogP contribution in [0, 0.1) is 0 Å². The van der Waals surface area contributed by atoms with Crippen molar-refractivity contribution in [2.75, 3.05) is 26.2 Å². The molecule has 0 aliphatic rings. The molecule has 0 aromatic heterocycles. The second-order valence-corrected chi connectivity index (χ2v) is 8.16. The highest BCUT2D eigenvalue weighted by Gasteiger charge is 2.06. The molecule has 0 atom stereocenters. The molecule has 0 aromatic carbocycles.